The van der Waals surface area contributed by atoms with Crippen LogP contribution in [-0.4, -0.2) is 24.8 Å². The molecule has 4 rings (SSSR count). The Morgan fingerprint density at radius 3 is 2.67 bits per heavy atom. The van der Waals surface area contributed by atoms with Gasteiger partial charge in [0.05, 0.1) is 6.61 Å². The zero-order valence-corrected chi connectivity index (χ0v) is 13.4. The number of hydrogen-bond acceptors (Lipinski definition) is 4. The van der Waals surface area contributed by atoms with Crippen molar-refractivity contribution in [3.05, 3.63) is 53.6 Å². The maximum absolute atomic E-state index is 11.4. The van der Waals surface area contributed by atoms with Crippen molar-refractivity contribution in [1.82, 2.24) is 5.32 Å². The molecular weight excluding hydrogens is 304 g/mol. The molecule has 124 valence electrons. The number of fused-ring (bicyclic) bond motifs is 1. The molecule has 0 unspecified atom stereocenters. The van der Waals surface area contributed by atoms with Crippen LogP contribution in [0.1, 0.15) is 28.8 Å². The molecule has 2 aromatic carbocycles. The molecule has 1 saturated heterocycles. The van der Waals surface area contributed by atoms with Crippen molar-refractivity contribution >= 4 is 5.91 Å². The topological polar surface area (TPSA) is 73.6 Å². The Hall–Kier alpha value is -2.37. The molecule has 0 bridgehead atoms. The standard InChI is InChI=1S/C19H20N2O3/c20-18(22)15-3-1-2-13(10-15)14-4-5-17-16(11-14)12-23-19(24-17)6-8-21-9-7-19/h1-5,10-11,21H,6-9,12H2,(H2,20,22). The normalized spacial score (nSPS) is 18.7. The summed E-state index contributed by atoms with van der Waals surface area (Å²) < 4.78 is 12.2. The van der Waals surface area contributed by atoms with Crippen LogP contribution in [0, 0.1) is 0 Å². The Bertz CT molecular complexity index is 782. The summed E-state index contributed by atoms with van der Waals surface area (Å²) >= 11 is 0. The van der Waals surface area contributed by atoms with Crippen LogP contribution in [0.25, 0.3) is 11.1 Å². The van der Waals surface area contributed by atoms with Gasteiger partial charge in [-0.25, -0.2) is 0 Å². The van der Waals surface area contributed by atoms with E-state index in [0.717, 1.165) is 48.4 Å². The summed E-state index contributed by atoms with van der Waals surface area (Å²) in [5.41, 5.74) is 8.88. The van der Waals surface area contributed by atoms with Gasteiger partial charge >= 0.3 is 0 Å². The SMILES string of the molecule is NC(=O)c1cccc(-c2ccc3c(c2)COC2(CCNCC2)O3)c1. The van der Waals surface area contributed by atoms with Crippen molar-refractivity contribution in [2.75, 3.05) is 13.1 Å². The summed E-state index contributed by atoms with van der Waals surface area (Å²) in [4.78, 5) is 11.4. The minimum absolute atomic E-state index is 0.422. The summed E-state index contributed by atoms with van der Waals surface area (Å²) in [6.07, 6.45) is 1.71. The van der Waals surface area contributed by atoms with Gasteiger partial charge in [-0.05, 0) is 35.4 Å². The molecule has 0 aromatic heterocycles. The van der Waals surface area contributed by atoms with Gasteiger partial charge in [0.2, 0.25) is 11.7 Å². The zero-order chi connectivity index (χ0) is 16.6. The number of primary amides is 1. The van der Waals surface area contributed by atoms with Crippen LogP contribution in [0.15, 0.2) is 42.5 Å². The predicted molar refractivity (Wildman–Crippen MR) is 90.6 cm³/mol. The van der Waals surface area contributed by atoms with Crippen molar-refractivity contribution in [2.45, 2.75) is 25.2 Å². The number of nitrogens with one attached hydrogen (secondary N) is 1. The minimum Gasteiger partial charge on any atom is -0.462 e. The number of piperidine rings is 1. The lowest BCUT2D eigenvalue weighted by Gasteiger charge is -2.41. The quantitative estimate of drug-likeness (QED) is 0.890. The lowest BCUT2D eigenvalue weighted by Crippen LogP contribution is -2.49. The summed E-state index contributed by atoms with van der Waals surface area (Å²) in [5.74, 6) is -0.0154. The maximum Gasteiger partial charge on any atom is 0.248 e. The van der Waals surface area contributed by atoms with Gasteiger partial charge in [0, 0.05) is 37.1 Å². The molecule has 2 heterocycles. The molecule has 5 heteroatoms. The highest BCUT2D eigenvalue weighted by atomic mass is 16.7. The molecule has 1 amide bonds. The maximum atomic E-state index is 11.4. The average molecular weight is 324 g/mol. The average Bonchev–Trinajstić information content (AvgIpc) is 2.62. The molecule has 0 radical (unpaired) electrons. The van der Waals surface area contributed by atoms with E-state index in [1.807, 2.05) is 30.3 Å². The lowest BCUT2D eigenvalue weighted by molar-refractivity contribution is -0.218. The van der Waals surface area contributed by atoms with Gasteiger partial charge in [-0.1, -0.05) is 18.2 Å². The van der Waals surface area contributed by atoms with E-state index >= 15 is 0 Å². The van der Waals surface area contributed by atoms with E-state index in [2.05, 4.69) is 11.4 Å². The first-order valence-corrected chi connectivity index (χ1v) is 8.22. The molecule has 3 N–H and O–H groups in total. The van der Waals surface area contributed by atoms with Crippen molar-refractivity contribution < 1.29 is 14.3 Å². The highest BCUT2D eigenvalue weighted by Gasteiger charge is 2.38. The summed E-state index contributed by atoms with van der Waals surface area (Å²) in [5, 5.41) is 3.33. The van der Waals surface area contributed by atoms with Gasteiger partial charge < -0.3 is 20.5 Å². The van der Waals surface area contributed by atoms with Crippen molar-refractivity contribution in [1.29, 1.82) is 0 Å². The smallest absolute Gasteiger partial charge is 0.248 e. The zero-order valence-electron chi connectivity index (χ0n) is 13.4. The Balaban J connectivity index is 1.63. The predicted octanol–water partition coefficient (Wildman–Crippen LogP) is 2.44. The van der Waals surface area contributed by atoms with Crippen LogP contribution < -0.4 is 15.8 Å². The molecule has 0 aliphatic carbocycles. The highest BCUT2D eigenvalue weighted by molar-refractivity contribution is 5.94. The first-order valence-electron chi connectivity index (χ1n) is 8.22. The molecule has 1 fully saturated rings. The second-order valence-corrected chi connectivity index (χ2v) is 6.32. The highest BCUT2D eigenvalue weighted by Crippen LogP contribution is 2.38. The lowest BCUT2D eigenvalue weighted by atomic mass is 9.98. The molecule has 24 heavy (non-hydrogen) atoms. The summed E-state index contributed by atoms with van der Waals surface area (Å²) in [6, 6.07) is 13.4. The molecule has 1 spiro atoms. The third-order valence-corrected chi connectivity index (χ3v) is 4.69. The Morgan fingerprint density at radius 2 is 1.88 bits per heavy atom. The van der Waals surface area contributed by atoms with Gasteiger partial charge in [-0.15, -0.1) is 0 Å². The number of amides is 1. The van der Waals surface area contributed by atoms with Crippen molar-refractivity contribution in [3.63, 3.8) is 0 Å². The number of carbonyl (C=O) groups excluding carboxylic acids is 1. The van der Waals surface area contributed by atoms with E-state index in [0.29, 0.717) is 12.2 Å². The van der Waals surface area contributed by atoms with Gasteiger partial charge in [0.1, 0.15) is 5.75 Å². The van der Waals surface area contributed by atoms with E-state index in [1.54, 1.807) is 6.07 Å². The van der Waals surface area contributed by atoms with Crippen LogP contribution in [0.4, 0.5) is 0 Å². The fourth-order valence-corrected chi connectivity index (χ4v) is 3.32. The third kappa shape index (κ3) is 2.77. The van der Waals surface area contributed by atoms with Gasteiger partial charge in [0.15, 0.2) is 0 Å². The first-order chi connectivity index (χ1) is 11.7. The van der Waals surface area contributed by atoms with E-state index in [9.17, 15) is 4.79 Å². The van der Waals surface area contributed by atoms with Crippen LogP contribution in [-0.2, 0) is 11.3 Å². The monoisotopic (exact) mass is 324 g/mol. The van der Waals surface area contributed by atoms with Gasteiger partial charge in [-0.3, -0.25) is 4.79 Å². The van der Waals surface area contributed by atoms with E-state index in [4.69, 9.17) is 15.2 Å². The van der Waals surface area contributed by atoms with Gasteiger partial charge in [0.25, 0.3) is 0 Å². The largest absolute Gasteiger partial charge is 0.462 e. The van der Waals surface area contributed by atoms with Crippen LogP contribution in [0.3, 0.4) is 0 Å². The number of benzene rings is 2. The molecule has 2 aliphatic rings. The number of hydrogen-bond donors (Lipinski definition) is 2. The van der Waals surface area contributed by atoms with Crippen LogP contribution in [0.2, 0.25) is 0 Å². The fraction of sp³-hybridized carbons (Fsp3) is 0.316. The number of carbonyl (C=O) groups is 1. The second-order valence-electron chi connectivity index (χ2n) is 6.32. The Labute approximate surface area is 140 Å². The second kappa shape index (κ2) is 5.92. The summed E-state index contributed by atoms with van der Waals surface area (Å²) in [6.45, 7) is 2.36. The molecular formula is C19H20N2O3. The Morgan fingerprint density at radius 1 is 1.08 bits per heavy atom. The fourth-order valence-electron chi connectivity index (χ4n) is 3.32. The molecule has 2 aromatic rings. The van der Waals surface area contributed by atoms with E-state index < -0.39 is 11.7 Å². The van der Waals surface area contributed by atoms with Crippen molar-refractivity contribution in [2.24, 2.45) is 5.73 Å². The van der Waals surface area contributed by atoms with E-state index in [1.165, 1.54) is 0 Å². The molecule has 0 saturated carbocycles. The number of rotatable bonds is 2. The van der Waals surface area contributed by atoms with Crippen LogP contribution >= 0.6 is 0 Å². The number of nitrogens with two attached hydrogens (primary N) is 1. The number of ether oxygens (including phenoxy) is 2. The first kappa shape index (κ1) is 15.2. The molecule has 5 nitrogen and oxygen atoms in total. The minimum atomic E-state index is -0.481. The van der Waals surface area contributed by atoms with E-state index in [-0.39, 0.29) is 0 Å². The molecule has 0 atom stereocenters. The van der Waals surface area contributed by atoms with Crippen LogP contribution in [0.5, 0.6) is 5.75 Å². The molecule has 2 aliphatic heterocycles. The van der Waals surface area contributed by atoms with Gasteiger partial charge in [-0.2, -0.15) is 0 Å². The Kier molecular flexibility index (Phi) is 3.75. The van der Waals surface area contributed by atoms with Crippen molar-refractivity contribution in [3.8, 4) is 16.9 Å². The third-order valence-electron chi connectivity index (χ3n) is 4.69. The summed E-state index contributed by atoms with van der Waals surface area (Å²) in [7, 11) is 0.